The molecule has 0 aromatic heterocycles. The highest BCUT2D eigenvalue weighted by Crippen LogP contribution is 2.23. The first kappa shape index (κ1) is 19.9. The fraction of sp³-hybridized carbons (Fsp3) is 0.278. The summed E-state index contributed by atoms with van der Waals surface area (Å²) in [6.45, 7) is 2.08. The minimum Gasteiger partial charge on any atom is -0.336 e. The predicted octanol–water partition coefficient (Wildman–Crippen LogP) is 2.19. The van der Waals surface area contributed by atoms with Crippen molar-refractivity contribution in [1.82, 2.24) is 9.21 Å². The van der Waals surface area contributed by atoms with Crippen LogP contribution < -0.4 is 0 Å². The number of hydrogen-bond acceptors (Lipinski definition) is 5. The molecule has 1 fully saturated rings. The fourth-order valence-corrected chi connectivity index (χ4v) is 4.50. The summed E-state index contributed by atoms with van der Waals surface area (Å²) < 4.78 is 40.2. The molecule has 3 rings (SSSR count). The molecule has 1 aliphatic heterocycles. The van der Waals surface area contributed by atoms with Crippen LogP contribution in [0.4, 0.5) is 10.1 Å². The number of hydrogen-bond donors (Lipinski definition) is 0. The SMILES string of the molecule is Cc1ccc(F)cc1C(=O)N1CCN(S(=O)(=O)c2cccc([N+](=O)[O-])c2)CC1. The van der Waals surface area contributed by atoms with Gasteiger partial charge in [-0.05, 0) is 30.7 Å². The Labute approximate surface area is 161 Å². The van der Waals surface area contributed by atoms with Crippen LogP contribution in [0.3, 0.4) is 0 Å². The van der Waals surface area contributed by atoms with Crippen molar-refractivity contribution in [2.75, 3.05) is 26.2 Å². The average molecular weight is 407 g/mol. The zero-order chi connectivity index (χ0) is 20.5. The molecule has 8 nitrogen and oxygen atoms in total. The molecule has 1 saturated heterocycles. The second-order valence-electron chi connectivity index (χ2n) is 6.41. The zero-order valence-corrected chi connectivity index (χ0v) is 15.9. The second-order valence-corrected chi connectivity index (χ2v) is 8.35. The highest BCUT2D eigenvalue weighted by atomic mass is 32.2. The van der Waals surface area contributed by atoms with Crippen LogP contribution in [0, 0.1) is 22.9 Å². The number of nitro groups is 1. The van der Waals surface area contributed by atoms with Crippen LogP contribution in [0.2, 0.25) is 0 Å². The minimum atomic E-state index is -3.92. The van der Waals surface area contributed by atoms with E-state index in [0.717, 1.165) is 6.07 Å². The lowest BCUT2D eigenvalue weighted by Crippen LogP contribution is -2.50. The molecule has 148 valence electrons. The van der Waals surface area contributed by atoms with Crippen LogP contribution in [-0.4, -0.2) is 54.6 Å². The molecule has 0 unspecified atom stereocenters. The molecule has 0 saturated carbocycles. The lowest BCUT2D eigenvalue weighted by atomic mass is 10.1. The van der Waals surface area contributed by atoms with Crippen molar-refractivity contribution < 1.29 is 22.5 Å². The molecule has 0 atom stereocenters. The van der Waals surface area contributed by atoms with Gasteiger partial charge in [0.25, 0.3) is 11.6 Å². The Bertz CT molecular complexity index is 1030. The van der Waals surface area contributed by atoms with Crippen molar-refractivity contribution in [3.8, 4) is 0 Å². The van der Waals surface area contributed by atoms with E-state index in [4.69, 9.17) is 0 Å². The molecule has 0 radical (unpaired) electrons. The summed E-state index contributed by atoms with van der Waals surface area (Å²) in [6, 6.07) is 8.82. The van der Waals surface area contributed by atoms with E-state index in [1.807, 2.05) is 0 Å². The molecule has 0 spiro atoms. The van der Waals surface area contributed by atoms with Crippen molar-refractivity contribution in [3.63, 3.8) is 0 Å². The van der Waals surface area contributed by atoms with E-state index in [1.54, 1.807) is 6.92 Å². The van der Waals surface area contributed by atoms with Gasteiger partial charge in [0.05, 0.1) is 9.82 Å². The number of rotatable bonds is 4. The molecule has 28 heavy (non-hydrogen) atoms. The number of carbonyl (C=O) groups excluding carboxylic acids is 1. The lowest BCUT2D eigenvalue weighted by Gasteiger charge is -2.34. The monoisotopic (exact) mass is 407 g/mol. The van der Waals surface area contributed by atoms with Crippen molar-refractivity contribution in [1.29, 1.82) is 0 Å². The lowest BCUT2D eigenvalue weighted by molar-refractivity contribution is -0.385. The number of amides is 1. The number of nitro benzene ring substituents is 1. The molecule has 10 heteroatoms. The van der Waals surface area contributed by atoms with Gasteiger partial charge >= 0.3 is 0 Å². The van der Waals surface area contributed by atoms with Gasteiger partial charge in [0.15, 0.2) is 0 Å². The minimum absolute atomic E-state index is 0.0468. The smallest absolute Gasteiger partial charge is 0.270 e. The van der Waals surface area contributed by atoms with Crippen molar-refractivity contribution >= 4 is 21.6 Å². The van der Waals surface area contributed by atoms with Crippen LogP contribution in [0.15, 0.2) is 47.4 Å². The summed E-state index contributed by atoms with van der Waals surface area (Å²) in [6.07, 6.45) is 0. The van der Waals surface area contributed by atoms with Crippen molar-refractivity contribution in [2.24, 2.45) is 0 Å². The van der Waals surface area contributed by atoms with E-state index < -0.39 is 20.8 Å². The van der Waals surface area contributed by atoms with Gasteiger partial charge in [-0.2, -0.15) is 4.31 Å². The van der Waals surface area contributed by atoms with Gasteiger partial charge in [0.1, 0.15) is 5.82 Å². The summed E-state index contributed by atoms with van der Waals surface area (Å²) in [5, 5.41) is 10.9. The van der Waals surface area contributed by atoms with E-state index in [2.05, 4.69) is 0 Å². The van der Waals surface area contributed by atoms with Crippen LogP contribution in [-0.2, 0) is 10.0 Å². The number of benzene rings is 2. The van der Waals surface area contributed by atoms with Crippen LogP contribution in [0.5, 0.6) is 0 Å². The Morgan fingerprint density at radius 1 is 1.11 bits per heavy atom. The third kappa shape index (κ3) is 3.87. The second kappa shape index (κ2) is 7.64. The molecule has 1 amide bonds. The number of nitrogens with zero attached hydrogens (tertiary/aromatic N) is 3. The van der Waals surface area contributed by atoms with E-state index in [9.17, 15) is 27.7 Å². The molecule has 0 bridgehead atoms. The van der Waals surface area contributed by atoms with Crippen LogP contribution in [0.25, 0.3) is 0 Å². The van der Waals surface area contributed by atoms with Crippen LogP contribution >= 0.6 is 0 Å². The zero-order valence-electron chi connectivity index (χ0n) is 15.0. The number of halogens is 1. The summed E-state index contributed by atoms with van der Waals surface area (Å²) in [5.41, 5.74) is 0.574. The Morgan fingerprint density at radius 3 is 2.43 bits per heavy atom. The first-order valence-corrected chi connectivity index (χ1v) is 9.94. The molecule has 1 aliphatic rings. The number of piperazine rings is 1. The maximum atomic E-state index is 13.5. The predicted molar refractivity (Wildman–Crippen MR) is 98.9 cm³/mol. The van der Waals surface area contributed by atoms with Gasteiger partial charge in [-0.25, -0.2) is 12.8 Å². The Balaban J connectivity index is 1.74. The highest BCUT2D eigenvalue weighted by molar-refractivity contribution is 7.89. The topological polar surface area (TPSA) is 101 Å². The first-order chi connectivity index (χ1) is 13.2. The Kier molecular flexibility index (Phi) is 5.43. The normalized spacial score (nSPS) is 15.4. The van der Waals surface area contributed by atoms with Gasteiger partial charge in [0, 0.05) is 43.9 Å². The Morgan fingerprint density at radius 2 is 1.79 bits per heavy atom. The molecular weight excluding hydrogens is 389 g/mol. The molecule has 0 aliphatic carbocycles. The van der Waals surface area contributed by atoms with E-state index in [-0.39, 0.29) is 48.2 Å². The molecular formula is C18H18FN3O5S. The Hall–Kier alpha value is -2.85. The average Bonchev–Trinajstić information content (AvgIpc) is 2.69. The van der Waals surface area contributed by atoms with E-state index >= 15 is 0 Å². The summed E-state index contributed by atoms with van der Waals surface area (Å²) in [7, 11) is -3.92. The summed E-state index contributed by atoms with van der Waals surface area (Å²) >= 11 is 0. The van der Waals surface area contributed by atoms with Gasteiger partial charge in [-0.3, -0.25) is 14.9 Å². The van der Waals surface area contributed by atoms with Crippen LogP contribution in [0.1, 0.15) is 15.9 Å². The van der Waals surface area contributed by atoms with Gasteiger partial charge in [-0.1, -0.05) is 12.1 Å². The number of non-ortho nitro benzene ring substituents is 1. The summed E-state index contributed by atoms with van der Waals surface area (Å²) in [4.78, 5) is 24.2. The molecule has 2 aromatic carbocycles. The van der Waals surface area contributed by atoms with Gasteiger partial charge in [0.2, 0.25) is 10.0 Å². The fourth-order valence-electron chi connectivity index (χ4n) is 3.03. The standard InChI is InChI=1S/C18H18FN3O5S/c1-13-5-6-14(19)11-17(13)18(23)20-7-9-21(10-8-20)28(26,27)16-4-2-3-15(12-16)22(24)25/h2-6,11-12H,7-10H2,1H3. The number of carbonyl (C=O) groups is 1. The van der Waals surface area contributed by atoms with Gasteiger partial charge in [-0.15, -0.1) is 0 Å². The first-order valence-electron chi connectivity index (χ1n) is 8.50. The molecule has 2 aromatic rings. The van der Waals surface area contributed by atoms with Crippen molar-refractivity contribution in [3.05, 3.63) is 69.5 Å². The third-order valence-corrected chi connectivity index (χ3v) is 6.52. The molecule has 0 N–H and O–H groups in total. The number of aryl methyl sites for hydroxylation is 1. The quantitative estimate of drug-likeness (QED) is 0.571. The van der Waals surface area contributed by atoms with E-state index in [1.165, 1.54) is 45.6 Å². The third-order valence-electron chi connectivity index (χ3n) is 4.62. The number of sulfonamides is 1. The highest BCUT2D eigenvalue weighted by Gasteiger charge is 2.31. The summed E-state index contributed by atoms with van der Waals surface area (Å²) in [5.74, 6) is -0.870. The largest absolute Gasteiger partial charge is 0.336 e. The van der Waals surface area contributed by atoms with Gasteiger partial charge < -0.3 is 4.90 Å². The van der Waals surface area contributed by atoms with Crippen molar-refractivity contribution in [2.45, 2.75) is 11.8 Å². The van der Waals surface area contributed by atoms with E-state index in [0.29, 0.717) is 5.56 Å². The maximum absolute atomic E-state index is 13.5. The maximum Gasteiger partial charge on any atom is 0.270 e. The molecule has 1 heterocycles.